The van der Waals surface area contributed by atoms with Crippen LogP contribution in [0.5, 0.6) is 0 Å². The van der Waals surface area contributed by atoms with Crippen LogP contribution in [0.3, 0.4) is 0 Å². The van der Waals surface area contributed by atoms with E-state index in [-0.39, 0.29) is 29.3 Å². The molecule has 220 valence electrons. The van der Waals surface area contributed by atoms with Crippen LogP contribution >= 0.6 is 0 Å². The van der Waals surface area contributed by atoms with Gasteiger partial charge in [0, 0.05) is 12.6 Å². The molecule has 2 amide bonds. The van der Waals surface area contributed by atoms with Crippen molar-refractivity contribution in [3.63, 3.8) is 0 Å². The summed E-state index contributed by atoms with van der Waals surface area (Å²) in [7, 11) is -4.09. The van der Waals surface area contributed by atoms with E-state index < -0.39 is 28.5 Å². The molecular formula is C33H43N3O4S. The first-order valence-corrected chi connectivity index (χ1v) is 15.7. The number of sulfonamides is 1. The third kappa shape index (κ3) is 8.19. The van der Waals surface area contributed by atoms with Gasteiger partial charge in [0.05, 0.1) is 10.6 Å². The summed E-state index contributed by atoms with van der Waals surface area (Å²) in [6.07, 6.45) is 1.14. The molecule has 0 heterocycles. The Hall–Kier alpha value is -3.65. The van der Waals surface area contributed by atoms with Crippen LogP contribution in [0.4, 0.5) is 5.69 Å². The second-order valence-corrected chi connectivity index (χ2v) is 12.7. The molecule has 0 unspecified atom stereocenters. The number of carbonyl (C=O) groups is 2. The highest BCUT2D eigenvalue weighted by atomic mass is 32.2. The standard InChI is InChI=1S/C33H43N3O4S/c1-7-26(6)34-33(38)31(8-2)35(22-27-14-12-13-25(5)21-27)32(37)23-36(29-19-17-28(18-20-29)24(3)4)41(39,40)30-15-10-9-11-16-30/h9-21,24,26,31H,7-8,22-23H2,1-6H3,(H,34,38)/t26-,31+/m1/s1. The van der Waals surface area contributed by atoms with Crippen molar-refractivity contribution >= 4 is 27.5 Å². The molecule has 3 aromatic carbocycles. The largest absolute Gasteiger partial charge is 0.352 e. The Bertz CT molecular complexity index is 1410. The van der Waals surface area contributed by atoms with Crippen molar-refractivity contribution in [2.75, 3.05) is 10.8 Å². The van der Waals surface area contributed by atoms with Gasteiger partial charge in [-0.2, -0.15) is 0 Å². The molecule has 0 saturated carbocycles. The number of benzene rings is 3. The van der Waals surface area contributed by atoms with Crippen molar-refractivity contribution in [2.24, 2.45) is 0 Å². The number of amides is 2. The van der Waals surface area contributed by atoms with Gasteiger partial charge in [-0.1, -0.05) is 87.9 Å². The van der Waals surface area contributed by atoms with Gasteiger partial charge in [0.25, 0.3) is 10.0 Å². The van der Waals surface area contributed by atoms with Gasteiger partial charge in [-0.05, 0) is 68.0 Å². The van der Waals surface area contributed by atoms with E-state index in [2.05, 4.69) is 19.2 Å². The third-order valence-corrected chi connectivity index (χ3v) is 9.07. The van der Waals surface area contributed by atoms with Crippen LogP contribution in [0.25, 0.3) is 0 Å². The van der Waals surface area contributed by atoms with Crippen LogP contribution in [0, 0.1) is 6.92 Å². The Balaban J connectivity index is 2.06. The number of aryl methyl sites for hydroxylation is 1. The molecule has 3 rings (SSSR count). The number of nitrogens with one attached hydrogen (secondary N) is 1. The normalized spacial score (nSPS) is 13.0. The zero-order valence-corrected chi connectivity index (χ0v) is 25.8. The number of carbonyl (C=O) groups excluding carboxylic acids is 2. The molecule has 7 nitrogen and oxygen atoms in total. The molecule has 0 aliphatic carbocycles. The van der Waals surface area contributed by atoms with Gasteiger partial charge < -0.3 is 10.2 Å². The summed E-state index contributed by atoms with van der Waals surface area (Å²) in [4.78, 5) is 29.2. The van der Waals surface area contributed by atoms with Crippen molar-refractivity contribution in [3.05, 3.63) is 95.6 Å². The highest BCUT2D eigenvalue weighted by Gasteiger charge is 2.34. The minimum absolute atomic E-state index is 0.0538. The summed E-state index contributed by atoms with van der Waals surface area (Å²) >= 11 is 0. The molecular weight excluding hydrogens is 534 g/mol. The fraction of sp³-hybridized carbons (Fsp3) is 0.394. The van der Waals surface area contributed by atoms with Crippen molar-refractivity contribution in [2.45, 2.75) is 83.8 Å². The van der Waals surface area contributed by atoms with E-state index in [4.69, 9.17) is 0 Å². The quantitative estimate of drug-likeness (QED) is 0.269. The Morgan fingerprint density at radius 2 is 1.51 bits per heavy atom. The first-order chi connectivity index (χ1) is 19.5. The van der Waals surface area contributed by atoms with Gasteiger partial charge in [-0.3, -0.25) is 13.9 Å². The van der Waals surface area contributed by atoms with Crippen molar-refractivity contribution in [1.29, 1.82) is 0 Å². The lowest BCUT2D eigenvalue weighted by Crippen LogP contribution is -2.53. The van der Waals surface area contributed by atoms with E-state index in [1.807, 2.05) is 64.1 Å². The fourth-order valence-corrected chi connectivity index (χ4v) is 6.08. The van der Waals surface area contributed by atoms with E-state index in [1.165, 1.54) is 17.0 Å². The Morgan fingerprint density at radius 1 is 0.854 bits per heavy atom. The predicted molar refractivity (Wildman–Crippen MR) is 165 cm³/mol. The van der Waals surface area contributed by atoms with Crippen LogP contribution in [0.1, 0.15) is 70.1 Å². The van der Waals surface area contributed by atoms with E-state index in [0.717, 1.165) is 27.4 Å². The zero-order chi connectivity index (χ0) is 30.2. The third-order valence-electron chi connectivity index (χ3n) is 7.28. The van der Waals surface area contributed by atoms with Gasteiger partial charge >= 0.3 is 0 Å². The van der Waals surface area contributed by atoms with Gasteiger partial charge in [0.1, 0.15) is 12.6 Å². The Kier molecular flexibility index (Phi) is 11.1. The van der Waals surface area contributed by atoms with E-state index in [1.54, 1.807) is 30.3 Å². The van der Waals surface area contributed by atoms with E-state index in [0.29, 0.717) is 12.1 Å². The summed E-state index contributed by atoms with van der Waals surface area (Å²) in [6, 6.07) is 22.3. The highest BCUT2D eigenvalue weighted by Crippen LogP contribution is 2.27. The molecule has 0 aliphatic rings. The average molecular weight is 578 g/mol. The maximum atomic E-state index is 14.2. The van der Waals surface area contributed by atoms with Gasteiger partial charge in [-0.25, -0.2) is 8.42 Å². The highest BCUT2D eigenvalue weighted by molar-refractivity contribution is 7.92. The summed E-state index contributed by atoms with van der Waals surface area (Å²) in [5.41, 5.74) is 3.35. The lowest BCUT2D eigenvalue weighted by Gasteiger charge is -2.34. The summed E-state index contributed by atoms with van der Waals surface area (Å²) in [5.74, 6) is -0.435. The molecule has 0 spiro atoms. The lowest BCUT2D eigenvalue weighted by molar-refractivity contribution is -0.140. The second-order valence-electron chi connectivity index (χ2n) is 10.8. The number of hydrogen-bond acceptors (Lipinski definition) is 4. The van der Waals surface area contributed by atoms with Crippen LogP contribution in [-0.4, -0.2) is 43.8 Å². The van der Waals surface area contributed by atoms with E-state index >= 15 is 0 Å². The molecule has 8 heteroatoms. The number of nitrogens with zero attached hydrogens (tertiary/aromatic N) is 2. The van der Waals surface area contributed by atoms with Crippen LogP contribution < -0.4 is 9.62 Å². The molecule has 0 fully saturated rings. The number of anilines is 1. The lowest BCUT2D eigenvalue weighted by atomic mass is 10.0. The van der Waals surface area contributed by atoms with Crippen molar-refractivity contribution in [1.82, 2.24) is 10.2 Å². The SMILES string of the molecule is CC[C@@H](C)NC(=O)[C@H](CC)N(Cc1cccc(C)c1)C(=O)CN(c1ccc(C(C)C)cc1)S(=O)(=O)c1ccccc1. The van der Waals surface area contributed by atoms with Crippen LogP contribution in [-0.2, 0) is 26.2 Å². The van der Waals surface area contributed by atoms with Gasteiger partial charge in [-0.15, -0.1) is 0 Å². The van der Waals surface area contributed by atoms with E-state index in [9.17, 15) is 18.0 Å². The molecule has 1 N–H and O–H groups in total. The molecule has 3 aromatic rings. The topological polar surface area (TPSA) is 86.8 Å². The number of hydrogen-bond donors (Lipinski definition) is 1. The molecule has 0 aliphatic heterocycles. The van der Waals surface area contributed by atoms with Crippen LogP contribution in [0.15, 0.2) is 83.8 Å². The predicted octanol–water partition coefficient (Wildman–Crippen LogP) is 6.04. The maximum absolute atomic E-state index is 14.2. The average Bonchev–Trinajstić information content (AvgIpc) is 2.96. The summed E-state index contributed by atoms with van der Waals surface area (Å²) < 4.78 is 29.0. The zero-order valence-electron chi connectivity index (χ0n) is 25.0. The molecule has 0 radical (unpaired) electrons. The smallest absolute Gasteiger partial charge is 0.264 e. The van der Waals surface area contributed by atoms with Crippen molar-refractivity contribution < 1.29 is 18.0 Å². The monoisotopic (exact) mass is 577 g/mol. The Morgan fingerprint density at radius 3 is 2.07 bits per heavy atom. The Labute approximate surface area is 245 Å². The minimum Gasteiger partial charge on any atom is -0.352 e. The molecule has 0 bridgehead atoms. The fourth-order valence-electron chi connectivity index (χ4n) is 4.64. The maximum Gasteiger partial charge on any atom is 0.264 e. The molecule has 41 heavy (non-hydrogen) atoms. The van der Waals surface area contributed by atoms with Gasteiger partial charge in [0.15, 0.2) is 0 Å². The summed E-state index contributed by atoms with van der Waals surface area (Å²) in [6.45, 7) is 11.6. The van der Waals surface area contributed by atoms with Gasteiger partial charge in [0.2, 0.25) is 11.8 Å². The minimum atomic E-state index is -4.09. The molecule has 0 saturated heterocycles. The number of rotatable bonds is 13. The molecule has 0 aromatic heterocycles. The summed E-state index contributed by atoms with van der Waals surface area (Å²) in [5, 5.41) is 3.01. The second kappa shape index (κ2) is 14.3. The van der Waals surface area contributed by atoms with Crippen LogP contribution in [0.2, 0.25) is 0 Å². The van der Waals surface area contributed by atoms with Crippen molar-refractivity contribution in [3.8, 4) is 0 Å². The molecule has 2 atom stereocenters. The first kappa shape index (κ1) is 31.9. The first-order valence-electron chi connectivity index (χ1n) is 14.3.